The van der Waals surface area contributed by atoms with Crippen molar-refractivity contribution in [2.24, 2.45) is 0 Å². The molecule has 128 valence electrons. The van der Waals surface area contributed by atoms with Crippen molar-refractivity contribution in [3.8, 4) is 0 Å². The number of carbonyl (C=O) groups excluding carboxylic acids is 2. The molecule has 1 heterocycles. The van der Waals surface area contributed by atoms with E-state index in [-0.39, 0.29) is 5.11 Å². The van der Waals surface area contributed by atoms with Gasteiger partial charge in [0.2, 0.25) is 0 Å². The van der Waals surface area contributed by atoms with Crippen molar-refractivity contribution in [2.75, 3.05) is 5.32 Å². The molecule has 25 heavy (non-hydrogen) atoms. The van der Waals surface area contributed by atoms with E-state index in [2.05, 4.69) is 16.1 Å². The monoisotopic (exact) mass is 354 g/mol. The first-order valence-electron chi connectivity index (χ1n) is 7.77. The molecule has 0 aliphatic carbocycles. The van der Waals surface area contributed by atoms with Gasteiger partial charge in [0, 0.05) is 5.69 Å². The summed E-state index contributed by atoms with van der Waals surface area (Å²) in [6, 6.07) is 16.1. The third-order valence-corrected chi connectivity index (χ3v) is 4.26. The lowest BCUT2D eigenvalue weighted by atomic mass is 9.92. The first-order chi connectivity index (χ1) is 11.9. The molecule has 0 radical (unpaired) electrons. The van der Waals surface area contributed by atoms with Gasteiger partial charge in [0.1, 0.15) is 5.54 Å². The molecule has 1 aliphatic rings. The smallest absolute Gasteiger partial charge is 0.331 e. The van der Waals surface area contributed by atoms with Crippen molar-refractivity contribution in [3.63, 3.8) is 0 Å². The van der Waals surface area contributed by atoms with Crippen LogP contribution in [-0.4, -0.2) is 22.1 Å². The fourth-order valence-corrected chi connectivity index (χ4v) is 2.81. The number of urea groups is 1. The van der Waals surface area contributed by atoms with E-state index >= 15 is 0 Å². The van der Waals surface area contributed by atoms with Crippen LogP contribution >= 0.6 is 12.2 Å². The number of nitrogens with zero attached hydrogens (tertiary/aromatic N) is 1. The van der Waals surface area contributed by atoms with Crippen LogP contribution in [0.3, 0.4) is 0 Å². The number of hydrogen-bond donors (Lipinski definition) is 3. The molecule has 0 unspecified atom stereocenters. The number of carbonyl (C=O) groups is 2. The van der Waals surface area contributed by atoms with E-state index in [0.717, 1.165) is 16.3 Å². The zero-order chi connectivity index (χ0) is 18.0. The van der Waals surface area contributed by atoms with Crippen LogP contribution in [0.2, 0.25) is 0 Å². The molecule has 0 spiro atoms. The molecule has 1 saturated heterocycles. The molecular weight excluding hydrogens is 336 g/mol. The Hall–Kier alpha value is -2.93. The average Bonchev–Trinajstić information content (AvgIpc) is 2.82. The highest BCUT2D eigenvalue weighted by Crippen LogP contribution is 2.27. The van der Waals surface area contributed by atoms with Crippen LogP contribution in [0.5, 0.6) is 0 Å². The number of thiocarbonyl (C=S) groups is 1. The Morgan fingerprint density at radius 2 is 1.72 bits per heavy atom. The van der Waals surface area contributed by atoms with Crippen LogP contribution in [0.25, 0.3) is 0 Å². The second-order valence-electron chi connectivity index (χ2n) is 5.99. The zero-order valence-electron chi connectivity index (χ0n) is 13.9. The van der Waals surface area contributed by atoms with E-state index in [0.29, 0.717) is 5.56 Å². The van der Waals surface area contributed by atoms with Crippen molar-refractivity contribution in [1.29, 1.82) is 0 Å². The second-order valence-corrected chi connectivity index (χ2v) is 6.40. The average molecular weight is 354 g/mol. The van der Waals surface area contributed by atoms with Gasteiger partial charge < -0.3 is 10.6 Å². The highest BCUT2D eigenvalue weighted by molar-refractivity contribution is 7.80. The Bertz CT molecular complexity index is 823. The molecule has 1 aliphatic heterocycles. The Kier molecular flexibility index (Phi) is 4.41. The van der Waals surface area contributed by atoms with E-state index in [9.17, 15) is 9.59 Å². The predicted octanol–water partition coefficient (Wildman–Crippen LogP) is 2.66. The van der Waals surface area contributed by atoms with Crippen LogP contribution in [0, 0.1) is 6.92 Å². The SMILES string of the molecule is Cc1ccc(NC(=S)NN2C(=O)N[C@](C)(c3ccccc3)C2=O)cc1. The summed E-state index contributed by atoms with van der Waals surface area (Å²) in [6.07, 6.45) is 0. The summed E-state index contributed by atoms with van der Waals surface area (Å²) in [5, 5.41) is 6.72. The lowest BCUT2D eigenvalue weighted by Crippen LogP contribution is -2.49. The first kappa shape index (κ1) is 16.9. The largest absolute Gasteiger partial charge is 0.344 e. The summed E-state index contributed by atoms with van der Waals surface area (Å²) in [5.41, 5.74) is 4.12. The molecule has 1 atom stereocenters. The highest BCUT2D eigenvalue weighted by atomic mass is 32.1. The van der Waals surface area contributed by atoms with Crippen LogP contribution in [0.1, 0.15) is 18.1 Å². The number of hydrogen-bond acceptors (Lipinski definition) is 3. The van der Waals surface area contributed by atoms with Crippen molar-refractivity contribution >= 4 is 35.0 Å². The summed E-state index contributed by atoms with van der Waals surface area (Å²) in [7, 11) is 0. The molecule has 6 nitrogen and oxygen atoms in total. The van der Waals surface area contributed by atoms with Crippen molar-refractivity contribution in [2.45, 2.75) is 19.4 Å². The standard InChI is InChI=1S/C18H18N4O2S/c1-12-8-10-14(11-9-12)19-16(25)21-22-15(23)18(2,20-17(22)24)13-6-4-3-5-7-13/h3-11H,1-2H3,(H,20,24)(H2,19,21,25)/t18-/m1/s1. The summed E-state index contributed by atoms with van der Waals surface area (Å²) >= 11 is 5.21. The van der Waals surface area contributed by atoms with Gasteiger partial charge in [0.25, 0.3) is 5.91 Å². The maximum absolute atomic E-state index is 12.8. The van der Waals surface area contributed by atoms with Gasteiger partial charge in [0.15, 0.2) is 5.11 Å². The molecule has 3 amide bonds. The van der Waals surface area contributed by atoms with Gasteiger partial charge >= 0.3 is 6.03 Å². The van der Waals surface area contributed by atoms with Crippen LogP contribution in [0.15, 0.2) is 54.6 Å². The number of nitrogens with one attached hydrogen (secondary N) is 3. The molecule has 0 aromatic heterocycles. The van der Waals surface area contributed by atoms with Gasteiger partial charge in [-0.25, -0.2) is 4.79 Å². The fourth-order valence-electron chi connectivity index (χ4n) is 2.61. The number of imide groups is 1. The maximum atomic E-state index is 12.8. The Balaban J connectivity index is 1.72. The molecule has 3 N–H and O–H groups in total. The van der Waals surface area contributed by atoms with Gasteiger partial charge in [0.05, 0.1) is 0 Å². The molecule has 0 bridgehead atoms. The van der Waals surface area contributed by atoms with Gasteiger partial charge in [-0.2, -0.15) is 5.01 Å². The van der Waals surface area contributed by atoms with E-state index in [1.54, 1.807) is 19.1 Å². The lowest BCUT2D eigenvalue weighted by Gasteiger charge is -2.22. The number of anilines is 1. The van der Waals surface area contributed by atoms with Crippen LogP contribution in [-0.2, 0) is 10.3 Å². The Morgan fingerprint density at radius 3 is 2.36 bits per heavy atom. The predicted molar refractivity (Wildman–Crippen MR) is 99.7 cm³/mol. The lowest BCUT2D eigenvalue weighted by molar-refractivity contribution is -0.132. The van der Waals surface area contributed by atoms with Gasteiger partial charge in [-0.3, -0.25) is 10.2 Å². The van der Waals surface area contributed by atoms with Crippen molar-refractivity contribution < 1.29 is 9.59 Å². The quantitative estimate of drug-likeness (QED) is 0.584. The first-order valence-corrected chi connectivity index (χ1v) is 8.17. The summed E-state index contributed by atoms with van der Waals surface area (Å²) < 4.78 is 0. The van der Waals surface area contributed by atoms with Crippen molar-refractivity contribution in [3.05, 3.63) is 65.7 Å². The Labute approximate surface area is 151 Å². The minimum atomic E-state index is -1.13. The minimum Gasteiger partial charge on any atom is -0.331 e. The van der Waals surface area contributed by atoms with Gasteiger partial charge in [-0.1, -0.05) is 48.0 Å². The second kappa shape index (κ2) is 6.52. The van der Waals surface area contributed by atoms with Crippen LogP contribution < -0.4 is 16.1 Å². The molecule has 0 saturated carbocycles. The van der Waals surface area contributed by atoms with Gasteiger partial charge in [-0.15, -0.1) is 0 Å². The minimum absolute atomic E-state index is 0.157. The molecule has 7 heteroatoms. The highest BCUT2D eigenvalue weighted by Gasteiger charge is 2.49. The van der Waals surface area contributed by atoms with E-state index in [1.807, 2.05) is 49.4 Å². The topological polar surface area (TPSA) is 73.5 Å². The molecule has 1 fully saturated rings. The number of hydrazine groups is 1. The van der Waals surface area contributed by atoms with Crippen molar-refractivity contribution in [1.82, 2.24) is 15.8 Å². The maximum Gasteiger partial charge on any atom is 0.344 e. The van der Waals surface area contributed by atoms with Gasteiger partial charge in [-0.05, 0) is 43.8 Å². The summed E-state index contributed by atoms with van der Waals surface area (Å²) in [5.74, 6) is -0.420. The fraction of sp³-hybridized carbons (Fsp3) is 0.167. The number of amides is 3. The van der Waals surface area contributed by atoms with E-state index < -0.39 is 17.5 Å². The Morgan fingerprint density at radius 1 is 1.08 bits per heavy atom. The number of aryl methyl sites for hydroxylation is 1. The number of rotatable bonds is 3. The third kappa shape index (κ3) is 3.32. The normalized spacial score (nSPS) is 19.5. The van der Waals surface area contributed by atoms with E-state index in [1.165, 1.54) is 0 Å². The zero-order valence-corrected chi connectivity index (χ0v) is 14.7. The molecular formula is C18H18N4O2S. The molecule has 2 aromatic rings. The number of benzene rings is 2. The summed E-state index contributed by atoms with van der Waals surface area (Å²) in [6.45, 7) is 3.65. The molecule has 2 aromatic carbocycles. The van der Waals surface area contributed by atoms with Crippen LogP contribution in [0.4, 0.5) is 10.5 Å². The summed E-state index contributed by atoms with van der Waals surface area (Å²) in [4.78, 5) is 25.0. The van der Waals surface area contributed by atoms with E-state index in [4.69, 9.17) is 12.2 Å². The third-order valence-electron chi connectivity index (χ3n) is 4.06. The molecule has 3 rings (SSSR count).